The molecule has 0 heterocycles. The van der Waals surface area contributed by atoms with Gasteiger partial charge in [0.1, 0.15) is 11.5 Å². The first kappa shape index (κ1) is 12.3. The molecule has 0 saturated carbocycles. The predicted molar refractivity (Wildman–Crippen MR) is 74.4 cm³/mol. The van der Waals surface area contributed by atoms with Crippen LogP contribution in [0.25, 0.3) is 0 Å². The van der Waals surface area contributed by atoms with Crippen LogP contribution in [-0.4, -0.2) is 7.69 Å². The van der Waals surface area contributed by atoms with Gasteiger partial charge in [-0.25, -0.2) is 0 Å². The molecule has 0 saturated heterocycles. The normalized spacial score (nSPS) is 9.76. The Labute approximate surface area is 112 Å². The minimum atomic E-state index is 0.680. The first-order chi connectivity index (χ1) is 8.24. The lowest BCUT2D eigenvalue weighted by molar-refractivity contribution is 0.457. The average Bonchev–Trinajstić information content (AvgIpc) is 2.29. The summed E-state index contributed by atoms with van der Waals surface area (Å²) in [6.45, 7) is 0. The van der Waals surface area contributed by atoms with E-state index in [-0.39, 0.29) is 0 Å². The summed E-state index contributed by atoms with van der Waals surface area (Å²) in [5.41, 5.74) is 0. The lowest BCUT2D eigenvalue weighted by Crippen LogP contribution is -2.10. The van der Waals surface area contributed by atoms with Gasteiger partial charge in [-0.05, 0) is 36.4 Å². The highest BCUT2D eigenvalue weighted by molar-refractivity contribution is 7.80. The zero-order chi connectivity index (χ0) is 12.1. The molecule has 0 unspecified atom stereocenters. The quantitative estimate of drug-likeness (QED) is 0.650. The van der Waals surface area contributed by atoms with Crippen LogP contribution in [0.3, 0.4) is 0 Å². The lowest BCUT2D eigenvalue weighted by atomic mass is 10.3. The molecule has 0 spiro atoms. The van der Waals surface area contributed by atoms with E-state index in [0.29, 0.717) is 11.5 Å². The van der Waals surface area contributed by atoms with Gasteiger partial charge in [-0.1, -0.05) is 12.1 Å². The summed E-state index contributed by atoms with van der Waals surface area (Å²) in [5.74, 6) is 1.36. The number of hydrogen-bond donors (Lipinski definition) is 2. The topological polar surface area (TPSA) is 18.5 Å². The minimum absolute atomic E-state index is 0.680. The van der Waals surface area contributed by atoms with Crippen molar-refractivity contribution in [3.8, 4) is 11.5 Å². The lowest BCUT2D eigenvalue weighted by Gasteiger charge is -2.07. The summed E-state index contributed by atoms with van der Waals surface area (Å²) in [6.07, 6.45) is 0. The summed E-state index contributed by atoms with van der Waals surface area (Å²) >= 11 is 8.43. The van der Waals surface area contributed by atoms with Gasteiger partial charge >= 0.3 is 7.69 Å². The Morgan fingerprint density at radius 3 is 1.65 bits per heavy atom. The van der Waals surface area contributed by atoms with Crippen LogP contribution in [0.2, 0.25) is 0 Å². The Balaban J connectivity index is 1.87. The second kappa shape index (κ2) is 5.93. The minimum Gasteiger partial charge on any atom is -0.526 e. The van der Waals surface area contributed by atoms with E-state index in [1.54, 1.807) is 12.1 Å². The van der Waals surface area contributed by atoms with Crippen molar-refractivity contribution in [2.75, 3.05) is 0 Å². The fraction of sp³-hybridized carbons (Fsp3) is 0. The van der Waals surface area contributed by atoms with E-state index in [2.05, 4.69) is 25.3 Å². The molecular weight excluding hydrogens is 251 g/mol. The molecule has 0 fully saturated rings. The van der Waals surface area contributed by atoms with Crippen molar-refractivity contribution in [1.82, 2.24) is 0 Å². The van der Waals surface area contributed by atoms with Crippen LogP contribution < -0.4 is 9.31 Å². The van der Waals surface area contributed by atoms with E-state index < -0.39 is 0 Å². The SMILES string of the molecule is Sc1cccc(O[B]Oc2cccc(S)c2)c1. The summed E-state index contributed by atoms with van der Waals surface area (Å²) < 4.78 is 10.6. The Kier molecular flexibility index (Phi) is 4.28. The molecule has 17 heavy (non-hydrogen) atoms. The molecule has 0 aromatic heterocycles. The molecule has 0 aliphatic heterocycles. The zero-order valence-corrected chi connectivity index (χ0v) is 10.7. The van der Waals surface area contributed by atoms with Gasteiger partial charge in [0.15, 0.2) is 0 Å². The van der Waals surface area contributed by atoms with Crippen molar-refractivity contribution in [3.63, 3.8) is 0 Å². The molecule has 85 valence electrons. The molecule has 0 atom stereocenters. The van der Waals surface area contributed by atoms with Crippen molar-refractivity contribution in [2.24, 2.45) is 0 Å². The zero-order valence-electron chi connectivity index (χ0n) is 8.91. The van der Waals surface area contributed by atoms with Gasteiger partial charge in [-0.3, -0.25) is 0 Å². The van der Waals surface area contributed by atoms with E-state index in [4.69, 9.17) is 9.31 Å². The van der Waals surface area contributed by atoms with Crippen LogP contribution in [-0.2, 0) is 0 Å². The Morgan fingerprint density at radius 1 is 0.765 bits per heavy atom. The van der Waals surface area contributed by atoms with Gasteiger partial charge < -0.3 is 9.31 Å². The van der Waals surface area contributed by atoms with Crippen LogP contribution >= 0.6 is 25.3 Å². The molecule has 2 nitrogen and oxygen atoms in total. The number of rotatable bonds is 4. The number of thiol groups is 2. The van der Waals surface area contributed by atoms with Gasteiger partial charge in [0.25, 0.3) is 0 Å². The number of benzene rings is 2. The molecule has 2 aromatic rings. The standard InChI is InChI=1S/C12H10BO2S2/c16-11-5-1-3-9(7-11)14-13-15-10-4-2-6-12(17)8-10/h1-8,16-17H. The average molecular weight is 261 g/mol. The fourth-order valence-electron chi connectivity index (χ4n) is 1.25. The molecule has 0 bridgehead atoms. The highest BCUT2D eigenvalue weighted by atomic mass is 32.1. The van der Waals surface area contributed by atoms with Crippen molar-refractivity contribution in [3.05, 3.63) is 48.5 Å². The van der Waals surface area contributed by atoms with E-state index in [1.807, 2.05) is 36.4 Å². The smallest absolute Gasteiger partial charge is 0.526 e. The fourth-order valence-corrected chi connectivity index (χ4v) is 1.68. The largest absolute Gasteiger partial charge is 0.658 e. The van der Waals surface area contributed by atoms with Crippen LogP contribution in [0, 0.1) is 0 Å². The second-order valence-corrected chi connectivity index (χ2v) is 4.36. The maximum atomic E-state index is 5.31. The summed E-state index contributed by atoms with van der Waals surface area (Å²) in [6, 6.07) is 14.7. The van der Waals surface area contributed by atoms with E-state index in [0.717, 1.165) is 9.79 Å². The second-order valence-electron chi connectivity index (χ2n) is 3.33. The van der Waals surface area contributed by atoms with Gasteiger partial charge in [-0.15, -0.1) is 25.3 Å². The summed E-state index contributed by atoms with van der Waals surface area (Å²) in [5, 5.41) is 0. The van der Waals surface area contributed by atoms with Crippen molar-refractivity contribution < 1.29 is 9.31 Å². The molecular formula is C12H10BO2S2. The first-order valence-corrected chi connectivity index (χ1v) is 5.86. The highest BCUT2D eigenvalue weighted by Crippen LogP contribution is 2.17. The third kappa shape index (κ3) is 3.95. The van der Waals surface area contributed by atoms with Gasteiger partial charge in [0, 0.05) is 9.79 Å². The van der Waals surface area contributed by atoms with E-state index in [9.17, 15) is 0 Å². The Hall–Kier alpha value is -1.20. The van der Waals surface area contributed by atoms with Crippen LogP contribution in [0.15, 0.2) is 58.3 Å². The van der Waals surface area contributed by atoms with E-state index >= 15 is 0 Å². The number of hydrogen-bond acceptors (Lipinski definition) is 4. The Morgan fingerprint density at radius 2 is 1.24 bits per heavy atom. The maximum absolute atomic E-state index is 5.31. The molecule has 0 amide bonds. The summed E-state index contributed by atoms with van der Waals surface area (Å²) in [7, 11) is 1.28. The van der Waals surface area contributed by atoms with E-state index in [1.165, 1.54) is 7.69 Å². The van der Waals surface area contributed by atoms with Gasteiger partial charge in [0.05, 0.1) is 0 Å². The third-order valence-electron chi connectivity index (χ3n) is 2.00. The van der Waals surface area contributed by atoms with Crippen LogP contribution in [0.4, 0.5) is 0 Å². The van der Waals surface area contributed by atoms with Gasteiger partial charge in [0.2, 0.25) is 0 Å². The molecule has 0 aliphatic rings. The van der Waals surface area contributed by atoms with Crippen LogP contribution in [0.5, 0.6) is 11.5 Å². The maximum Gasteiger partial charge on any atom is 0.658 e. The van der Waals surface area contributed by atoms with Gasteiger partial charge in [-0.2, -0.15) is 0 Å². The van der Waals surface area contributed by atoms with Crippen LogP contribution in [0.1, 0.15) is 0 Å². The van der Waals surface area contributed by atoms with Crippen molar-refractivity contribution >= 4 is 32.9 Å². The van der Waals surface area contributed by atoms with Crippen molar-refractivity contribution in [1.29, 1.82) is 0 Å². The first-order valence-electron chi connectivity index (χ1n) is 4.97. The molecule has 1 radical (unpaired) electrons. The Bertz CT molecular complexity index is 460. The molecule has 2 aromatic carbocycles. The predicted octanol–water partition coefficient (Wildman–Crippen LogP) is 3.26. The monoisotopic (exact) mass is 261 g/mol. The molecule has 0 aliphatic carbocycles. The molecule has 0 N–H and O–H groups in total. The highest BCUT2D eigenvalue weighted by Gasteiger charge is 2.01. The third-order valence-corrected chi connectivity index (χ3v) is 2.56. The summed E-state index contributed by atoms with van der Waals surface area (Å²) in [4.78, 5) is 1.68. The van der Waals surface area contributed by atoms with Crippen molar-refractivity contribution in [2.45, 2.75) is 9.79 Å². The molecule has 2 rings (SSSR count). The molecule has 5 heteroatoms.